The maximum atomic E-state index is 12.5. The highest BCUT2D eigenvalue weighted by molar-refractivity contribution is 7.98. The molecule has 1 aromatic rings. The summed E-state index contributed by atoms with van der Waals surface area (Å²) in [5.41, 5.74) is 5.94. The van der Waals surface area contributed by atoms with Crippen molar-refractivity contribution in [1.29, 1.82) is 0 Å². The Bertz CT molecular complexity index is 568. The van der Waals surface area contributed by atoms with Gasteiger partial charge < -0.3 is 25.8 Å². The molecule has 2 atom stereocenters. The first-order valence-corrected chi connectivity index (χ1v) is 8.89. The van der Waals surface area contributed by atoms with Crippen LogP contribution in [-0.2, 0) is 4.79 Å². The average Bonchev–Trinajstić information content (AvgIpc) is 2.57. The van der Waals surface area contributed by atoms with E-state index in [-0.39, 0.29) is 11.9 Å². The van der Waals surface area contributed by atoms with Gasteiger partial charge in [-0.2, -0.15) is 11.8 Å². The Morgan fingerprint density at radius 1 is 1.25 bits per heavy atom. The Morgan fingerprint density at radius 3 is 2.50 bits per heavy atom. The van der Waals surface area contributed by atoms with E-state index in [9.17, 15) is 9.59 Å². The fraction of sp³-hybridized carbons (Fsp3) is 0.500. The highest BCUT2D eigenvalue weighted by Gasteiger charge is 2.22. The maximum Gasteiger partial charge on any atom is 0.312 e. The minimum atomic E-state index is -0.720. The number of rotatable bonds is 9. The molecule has 0 aliphatic rings. The van der Waals surface area contributed by atoms with E-state index in [1.807, 2.05) is 19.2 Å². The van der Waals surface area contributed by atoms with Gasteiger partial charge in [0.05, 0.1) is 20.3 Å². The predicted octanol–water partition coefficient (Wildman–Crippen LogP) is 1.67. The molecule has 8 heteroatoms. The van der Waals surface area contributed by atoms with Crippen molar-refractivity contribution in [2.75, 3.05) is 26.2 Å². The van der Waals surface area contributed by atoms with Crippen molar-refractivity contribution in [2.45, 2.75) is 25.4 Å². The van der Waals surface area contributed by atoms with Gasteiger partial charge in [0.2, 0.25) is 5.91 Å². The smallest absolute Gasteiger partial charge is 0.312 e. The molecule has 0 aliphatic heterocycles. The zero-order valence-electron chi connectivity index (χ0n) is 14.4. The van der Waals surface area contributed by atoms with Gasteiger partial charge in [-0.3, -0.25) is 4.79 Å². The maximum absolute atomic E-state index is 12.5. The molecule has 2 unspecified atom stereocenters. The van der Waals surface area contributed by atoms with E-state index < -0.39 is 12.1 Å². The zero-order chi connectivity index (χ0) is 18.1. The van der Waals surface area contributed by atoms with Crippen LogP contribution >= 0.6 is 11.8 Å². The number of nitrogens with two attached hydrogens (primary N) is 1. The van der Waals surface area contributed by atoms with Crippen LogP contribution < -0.4 is 25.8 Å². The molecule has 0 aliphatic carbocycles. The van der Waals surface area contributed by atoms with Crippen molar-refractivity contribution in [1.82, 2.24) is 10.6 Å². The summed E-state index contributed by atoms with van der Waals surface area (Å²) in [4.78, 5) is 23.6. The van der Waals surface area contributed by atoms with Crippen molar-refractivity contribution in [3.63, 3.8) is 0 Å². The van der Waals surface area contributed by atoms with Crippen LogP contribution in [-0.4, -0.2) is 44.2 Å². The molecule has 24 heavy (non-hydrogen) atoms. The first-order valence-electron chi connectivity index (χ1n) is 7.50. The van der Waals surface area contributed by atoms with E-state index in [0.29, 0.717) is 17.9 Å². The van der Waals surface area contributed by atoms with Crippen LogP contribution in [0.1, 0.15) is 24.9 Å². The molecular formula is C16H25N3O4S. The van der Waals surface area contributed by atoms with Crippen molar-refractivity contribution in [3.05, 3.63) is 23.8 Å². The Hall–Kier alpha value is -2.09. The van der Waals surface area contributed by atoms with Crippen LogP contribution in [0, 0.1) is 0 Å². The number of hydrogen-bond donors (Lipinski definition) is 3. The highest BCUT2D eigenvalue weighted by atomic mass is 32.2. The van der Waals surface area contributed by atoms with Crippen LogP contribution in [0.25, 0.3) is 0 Å². The van der Waals surface area contributed by atoms with E-state index in [4.69, 9.17) is 15.2 Å². The molecule has 134 valence electrons. The monoisotopic (exact) mass is 355 g/mol. The minimum absolute atomic E-state index is 0.291. The Labute approximate surface area is 146 Å². The lowest BCUT2D eigenvalue weighted by molar-refractivity contribution is -0.123. The van der Waals surface area contributed by atoms with E-state index in [2.05, 4.69) is 10.6 Å². The van der Waals surface area contributed by atoms with Gasteiger partial charge in [-0.05, 0) is 43.6 Å². The molecule has 0 bridgehead atoms. The molecule has 3 amide bonds. The van der Waals surface area contributed by atoms with Gasteiger partial charge in [-0.1, -0.05) is 0 Å². The Balaban J connectivity index is 2.88. The summed E-state index contributed by atoms with van der Waals surface area (Å²) in [6.07, 6.45) is 2.43. The number of nitrogens with one attached hydrogen (secondary N) is 2. The molecule has 0 fully saturated rings. The summed E-state index contributed by atoms with van der Waals surface area (Å²) in [5, 5.41) is 5.36. The lowest BCUT2D eigenvalue weighted by Crippen LogP contribution is -2.49. The van der Waals surface area contributed by atoms with Crippen LogP contribution in [0.3, 0.4) is 0 Å². The molecular weight excluding hydrogens is 330 g/mol. The molecule has 1 rings (SSSR count). The second kappa shape index (κ2) is 9.92. The van der Waals surface area contributed by atoms with Gasteiger partial charge in [0.15, 0.2) is 0 Å². The summed E-state index contributed by atoms with van der Waals surface area (Å²) >= 11 is 1.59. The van der Waals surface area contributed by atoms with Crippen molar-refractivity contribution in [2.24, 2.45) is 5.73 Å². The first-order chi connectivity index (χ1) is 11.4. The van der Waals surface area contributed by atoms with Gasteiger partial charge in [0, 0.05) is 5.56 Å². The SMILES string of the molecule is COc1ccc(OC)c(C(C)NC(=O)C(CCSC)NC(N)=O)c1. The molecule has 4 N–H and O–H groups in total. The number of carbonyl (C=O) groups is 2. The highest BCUT2D eigenvalue weighted by Crippen LogP contribution is 2.29. The zero-order valence-corrected chi connectivity index (χ0v) is 15.2. The largest absolute Gasteiger partial charge is 0.497 e. The quantitative estimate of drug-likeness (QED) is 0.625. The van der Waals surface area contributed by atoms with E-state index in [1.54, 1.807) is 38.1 Å². The van der Waals surface area contributed by atoms with Crippen molar-refractivity contribution >= 4 is 23.7 Å². The fourth-order valence-electron chi connectivity index (χ4n) is 2.25. The number of hydrogen-bond acceptors (Lipinski definition) is 5. The number of primary amides is 1. The molecule has 0 heterocycles. The van der Waals surface area contributed by atoms with Crippen LogP contribution in [0.2, 0.25) is 0 Å². The first kappa shape index (κ1) is 20.0. The van der Waals surface area contributed by atoms with Gasteiger partial charge in [0.1, 0.15) is 17.5 Å². The predicted molar refractivity (Wildman–Crippen MR) is 95.6 cm³/mol. The molecule has 1 aromatic carbocycles. The third-order valence-electron chi connectivity index (χ3n) is 3.51. The number of thioether (sulfide) groups is 1. The van der Waals surface area contributed by atoms with Gasteiger partial charge in [-0.25, -0.2) is 4.79 Å². The molecule has 0 saturated heterocycles. The number of ether oxygens (including phenoxy) is 2. The van der Waals surface area contributed by atoms with Gasteiger partial charge in [0.25, 0.3) is 0 Å². The minimum Gasteiger partial charge on any atom is -0.497 e. The number of benzene rings is 1. The molecule has 0 aromatic heterocycles. The van der Waals surface area contributed by atoms with E-state index in [1.165, 1.54) is 0 Å². The molecule has 0 saturated carbocycles. The standard InChI is InChI=1S/C16H25N3O4S/c1-10(12-9-11(22-2)5-6-14(12)23-3)18-15(20)13(7-8-24-4)19-16(17)21/h5-6,9-10,13H,7-8H2,1-4H3,(H,18,20)(H3,17,19,21). The third kappa shape index (κ3) is 5.84. The summed E-state index contributed by atoms with van der Waals surface area (Å²) < 4.78 is 10.6. The fourth-order valence-corrected chi connectivity index (χ4v) is 2.72. The molecule has 0 radical (unpaired) electrons. The topological polar surface area (TPSA) is 103 Å². The average molecular weight is 355 g/mol. The van der Waals surface area contributed by atoms with Crippen LogP contribution in [0.15, 0.2) is 18.2 Å². The summed E-state index contributed by atoms with van der Waals surface area (Å²) in [5.74, 6) is 1.75. The van der Waals surface area contributed by atoms with Crippen LogP contribution in [0.4, 0.5) is 4.79 Å². The Morgan fingerprint density at radius 2 is 1.96 bits per heavy atom. The number of amides is 3. The number of carbonyl (C=O) groups excluding carboxylic acids is 2. The summed E-state index contributed by atoms with van der Waals surface area (Å²) in [6, 6.07) is 3.66. The second-order valence-corrected chi connectivity index (χ2v) is 6.17. The van der Waals surface area contributed by atoms with Gasteiger partial charge >= 0.3 is 6.03 Å². The summed E-state index contributed by atoms with van der Waals surface area (Å²) in [7, 11) is 3.14. The lowest BCUT2D eigenvalue weighted by Gasteiger charge is -2.22. The number of methoxy groups -OCH3 is 2. The van der Waals surface area contributed by atoms with E-state index in [0.717, 1.165) is 11.3 Å². The second-order valence-electron chi connectivity index (χ2n) is 5.18. The number of urea groups is 1. The molecule has 0 spiro atoms. The van der Waals surface area contributed by atoms with Gasteiger partial charge in [-0.15, -0.1) is 0 Å². The third-order valence-corrected chi connectivity index (χ3v) is 4.15. The Kier molecular flexibility index (Phi) is 8.25. The lowest BCUT2D eigenvalue weighted by atomic mass is 10.1. The van der Waals surface area contributed by atoms with Crippen molar-refractivity contribution < 1.29 is 19.1 Å². The summed E-state index contributed by atoms with van der Waals surface area (Å²) in [6.45, 7) is 1.84. The molecule has 7 nitrogen and oxygen atoms in total. The van der Waals surface area contributed by atoms with Crippen LogP contribution in [0.5, 0.6) is 11.5 Å². The van der Waals surface area contributed by atoms with Crippen molar-refractivity contribution in [3.8, 4) is 11.5 Å². The van der Waals surface area contributed by atoms with E-state index >= 15 is 0 Å². The normalized spacial score (nSPS) is 12.8.